The molecule has 1 aliphatic rings. The summed E-state index contributed by atoms with van der Waals surface area (Å²) in [5, 5.41) is 0. The van der Waals surface area contributed by atoms with Crippen LogP contribution in [-0.4, -0.2) is 57.8 Å². The van der Waals surface area contributed by atoms with E-state index in [1.807, 2.05) is 0 Å². The van der Waals surface area contributed by atoms with Gasteiger partial charge in [-0.3, -0.25) is 14.6 Å². The van der Waals surface area contributed by atoms with Gasteiger partial charge >= 0.3 is 0 Å². The molecule has 1 aromatic carbocycles. The average molecular weight is 350 g/mol. The summed E-state index contributed by atoms with van der Waals surface area (Å²) in [4.78, 5) is 37.0. The Balaban J connectivity index is 1.43. The van der Waals surface area contributed by atoms with Gasteiger partial charge in [0.05, 0.1) is 5.56 Å². The van der Waals surface area contributed by atoms with Crippen LogP contribution in [-0.2, 0) is 0 Å². The van der Waals surface area contributed by atoms with E-state index in [1.165, 1.54) is 0 Å². The van der Waals surface area contributed by atoms with E-state index in [-0.39, 0.29) is 11.8 Å². The van der Waals surface area contributed by atoms with Gasteiger partial charge in [0.15, 0.2) is 11.5 Å². The highest BCUT2D eigenvalue weighted by atomic mass is 16.3. The molecule has 0 N–H and O–H groups in total. The number of aromatic nitrogens is 2. The average Bonchev–Trinajstić information content (AvgIpc) is 3.07. The molecule has 0 atom stereocenters. The van der Waals surface area contributed by atoms with Gasteiger partial charge in [-0.25, -0.2) is 4.98 Å². The van der Waals surface area contributed by atoms with Crippen molar-refractivity contribution in [1.29, 1.82) is 0 Å². The molecule has 3 aromatic rings. The molecule has 7 heteroatoms. The number of carbonyl (C=O) groups is 2. The minimum absolute atomic E-state index is 0.0512. The highest BCUT2D eigenvalue weighted by molar-refractivity contribution is 5.97. The molecule has 4 rings (SSSR count). The van der Waals surface area contributed by atoms with Crippen molar-refractivity contribution in [1.82, 2.24) is 19.8 Å². The zero-order valence-electron chi connectivity index (χ0n) is 14.4. The third-order valence-corrected chi connectivity index (χ3v) is 4.50. The van der Waals surface area contributed by atoms with Gasteiger partial charge in [0.2, 0.25) is 0 Å². The number of nitrogens with zero attached hydrogens (tertiary/aromatic N) is 4. The largest absolute Gasteiger partial charge is 0.441 e. The van der Waals surface area contributed by atoms with Crippen molar-refractivity contribution in [3.8, 4) is 0 Å². The van der Waals surface area contributed by atoms with Crippen LogP contribution in [0.2, 0.25) is 0 Å². The molecular formula is C19H18N4O3. The van der Waals surface area contributed by atoms with Crippen LogP contribution in [0.4, 0.5) is 0 Å². The summed E-state index contributed by atoms with van der Waals surface area (Å²) in [5.74, 6) is 0.470. The number of fused-ring (bicyclic) bond motifs is 1. The second-order valence-corrected chi connectivity index (χ2v) is 6.24. The lowest BCUT2D eigenvalue weighted by Crippen LogP contribution is -2.50. The molecule has 0 aliphatic carbocycles. The van der Waals surface area contributed by atoms with Crippen LogP contribution in [0.25, 0.3) is 11.1 Å². The van der Waals surface area contributed by atoms with E-state index in [0.717, 1.165) is 0 Å². The lowest BCUT2D eigenvalue weighted by Gasteiger charge is -2.34. The van der Waals surface area contributed by atoms with E-state index < -0.39 is 0 Å². The predicted octanol–water partition coefficient (Wildman–Crippen LogP) is 2.13. The Hall–Kier alpha value is -3.22. The summed E-state index contributed by atoms with van der Waals surface area (Å²) in [6.07, 6.45) is 3.20. The number of pyridine rings is 1. The third kappa shape index (κ3) is 3.03. The molecule has 3 heterocycles. The van der Waals surface area contributed by atoms with Crippen molar-refractivity contribution in [2.24, 2.45) is 0 Å². The summed E-state index contributed by atoms with van der Waals surface area (Å²) < 4.78 is 5.45. The minimum Gasteiger partial charge on any atom is -0.441 e. The second kappa shape index (κ2) is 6.59. The molecule has 0 radical (unpaired) electrons. The highest BCUT2D eigenvalue weighted by Gasteiger charge is 2.25. The smallest absolute Gasteiger partial charge is 0.255 e. The lowest BCUT2D eigenvalue weighted by atomic mass is 10.1. The SMILES string of the molecule is Cc1nc2cc(C(=O)N3CCN(C(=O)c4cccnc4)CC3)ccc2o1. The Labute approximate surface area is 150 Å². The number of hydrogen-bond acceptors (Lipinski definition) is 5. The van der Waals surface area contributed by atoms with E-state index in [4.69, 9.17) is 4.42 Å². The van der Waals surface area contributed by atoms with Crippen LogP contribution in [0.15, 0.2) is 47.1 Å². The first-order valence-electron chi connectivity index (χ1n) is 8.47. The highest BCUT2D eigenvalue weighted by Crippen LogP contribution is 2.18. The first-order valence-corrected chi connectivity index (χ1v) is 8.47. The fraction of sp³-hybridized carbons (Fsp3) is 0.263. The molecule has 1 aliphatic heterocycles. The van der Waals surface area contributed by atoms with Crippen molar-refractivity contribution in [3.63, 3.8) is 0 Å². The summed E-state index contributed by atoms with van der Waals surface area (Å²) in [6.45, 7) is 3.79. The summed E-state index contributed by atoms with van der Waals surface area (Å²) in [5.41, 5.74) is 2.50. The van der Waals surface area contributed by atoms with E-state index in [2.05, 4.69) is 9.97 Å². The molecule has 1 saturated heterocycles. The van der Waals surface area contributed by atoms with Crippen molar-refractivity contribution in [3.05, 3.63) is 59.7 Å². The number of hydrogen-bond donors (Lipinski definition) is 0. The van der Waals surface area contributed by atoms with Gasteiger partial charge in [0, 0.05) is 51.1 Å². The summed E-state index contributed by atoms with van der Waals surface area (Å²) in [7, 11) is 0. The first-order chi connectivity index (χ1) is 12.6. The van der Waals surface area contributed by atoms with Crippen molar-refractivity contribution in [2.75, 3.05) is 26.2 Å². The molecule has 26 heavy (non-hydrogen) atoms. The Kier molecular flexibility index (Phi) is 4.12. The maximum atomic E-state index is 12.8. The van der Waals surface area contributed by atoms with Gasteiger partial charge in [-0.05, 0) is 30.3 Å². The van der Waals surface area contributed by atoms with E-state index in [0.29, 0.717) is 54.3 Å². The van der Waals surface area contributed by atoms with Gasteiger partial charge in [-0.1, -0.05) is 0 Å². The number of piperazine rings is 1. The molecule has 1 fully saturated rings. The minimum atomic E-state index is -0.0546. The molecule has 0 unspecified atom stereocenters. The predicted molar refractivity (Wildman–Crippen MR) is 94.8 cm³/mol. The standard InChI is InChI=1S/C19H18N4O3/c1-13-21-16-11-14(4-5-17(16)26-13)18(24)22-7-9-23(10-8-22)19(25)15-3-2-6-20-12-15/h2-6,11-12H,7-10H2,1H3. The maximum Gasteiger partial charge on any atom is 0.255 e. The Morgan fingerprint density at radius 3 is 2.35 bits per heavy atom. The number of benzene rings is 1. The fourth-order valence-corrected chi connectivity index (χ4v) is 3.14. The summed E-state index contributed by atoms with van der Waals surface area (Å²) >= 11 is 0. The van der Waals surface area contributed by atoms with Gasteiger partial charge < -0.3 is 14.2 Å². The van der Waals surface area contributed by atoms with Gasteiger partial charge in [-0.15, -0.1) is 0 Å². The molecular weight excluding hydrogens is 332 g/mol. The van der Waals surface area contributed by atoms with Gasteiger partial charge in [0.25, 0.3) is 11.8 Å². The first kappa shape index (κ1) is 16.3. The number of oxazole rings is 1. The van der Waals surface area contributed by atoms with Crippen LogP contribution in [0.3, 0.4) is 0 Å². The fourth-order valence-electron chi connectivity index (χ4n) is 3.14. The molecule has 132 valence electrons. The zero-order chi connectivity index (χ0) is 18.1. The Morgan fingerprint density at radius 1 is 1.00 bits per heavy atom. The maximum absolute atomic E-state index is 12.8. The summed E-state index contributed by atoms with van der Waals surface area (Å²) in [6, 6.07) is 8.77. The molecule has 0 bridgehead atoms. The zero-order valence-corrected chi connectivity index (χ0v) is 14.4. The molecule has 7 nitrogen and oxygen atoms in total. The van der Waals surface area contributed by atoms with Crippen molar-refractivity contribution in [2.45, 2.75) is 6.92 Å². The van der Waals surface area contributed by atoms with Crippen molar-refractivity contribution < 1.29 is 14.0 Å². The van der Waals surface area contributed by atoms with Crippen LogP contribution in [0.1, 0.15) is 26.6 Å². The van der Waals surface area contributed by atoms with Crippen LogP contribution in [0, 0.1) is 6.92 Å². The quantitative estimate of drug-likeness (QED) is 0.707. The van der Waals surface area contributed by atoms with Gasteiger partial charge in [-0.2, -0.15) is 0 Å². The normalized spacial score (nSPS) is 14.7. The van der Waals surface area contributed by atoms with E-state index >= 15 is 0 Å². The second-order valence-electron chi connectivity index (χ2n) is 6.24. The lowest BCUT2D eigenvalue weighted by molar-refractivity contribution is 0.0535. The molecule has 2 aromatic heterocycles. The third-order valence-electron chi connectivity index (χ3n) is 4.50. The number of amides is 2. The topological polar surface area (TPSA) is 79.5 Å². The Morgan fingerprint density at radius 2 is 1.69 bits per heavy atom. The number of rotatable bonds is 2. The molecule has 0 spiro atoms. The van der Waals surface area contributed by atoms with E-state index in [9.17, 15) is 9.59 Å². The van der Waals surface area contributed by atoms with Crippen LogP contribution in [0.5, 0.6) is 0 Å². The Bertz CT molecular complexity index is 959. The number of carbonyl (C=O) groups excluding carboxylic acids is 2. The van der Waals surface area contributed by atoms with Gasteiger partial charge in [0.1, 0.15) is 5.52 Å². The van der Waals surface area contributed by atoms with Crippen LogP contribution < -0.4 is 0 Å². The molecule has 0 saturated carbocycles. The molecule has 2 amide bonds. The van der Waals surface area contributed by atoms with Crippen molar-refractivity contribution >= 4 is 22.9 Å². The monoisotopic (exact) mass is 350 g/mol. The van der Waals surface area contributed by atoms with E-state index in [1.54, 1.807) is 59.4 Å². The number of aryl methyl sites for hydroxylation is 1. The van der Waals surface area contributed by atoms with Crippen LogP contribution >= 0.6 is 0 Å².